The summed E-state index contributed by atoms with van der Waals surface area (Å²) in [6.07, 6.45) is 0. The van der Waals surface area contributed by atoms with Crippen molar-refractivity contribution in [2.75, 3.05) is 7.05 Å². The zero-order valence-corrected chi connectivity index (χ0v) is 8.93. The van der Waals surface area contributed by atoms with E-state index in [9.17, 15) is 8.42 Å². The first-order valence-electron chi connectivity index (χ1n) is 3.66. The number of aryl methyl sites for hydroxylation is 1. The monoisotopic (exact) mass is 219 g/mol. The van der Waals surface area contributed by atoms with E-state index in [-0.39, 0.29) is 4.90 Å². The van der Waals surface area contributed by atoms with Gasteiger partial charge in [0.15, 0.2) is 0 Å². The molecule has 0 fully saturated rings. The number of hydrogen-bond donors (Lipinski definition) is 0. The summed E-state index contributed by atoms with van der Waals surface area (Å²) in [5.41, 5.74) is 1.01. The minimum Gasteiger partial charge on any atom is -0.206 e. The standard InChI is InChI=1S/C8H10ClNO2S/c1-7-3-5-8(6-4-7)13(11,12)10(2)9/h3-6H,1-2H3. The summed E-state index contributed by atoms with van der Waals surface area (Å²) in [6, 6.07) is 6.52. The third kappa shape index (κ3) is 2.21. The summed E-state index contributed by atoms with van der Waals surface area (Å²) in [5, 5.41) is 0. The van der Waals surface area contributed by atoms with Crippen LogP contribution in [0.15, 0.2) is 29.2 Å². The van der Waals surface area contributed by atoms with Gasteiger partial charge in [-0.1, -0.05) is 17.7 Å². The maximum absolute atomic E-state index is 11.4. The molecule has 0 aliphatic heterocycles. The largest absolute Gasteiger partial charge is 0.256 e. The van der Waals surface area contributed by atoms with E-state index in [0.717, 1.165) is 5.56 Å². The molecule has 0 bridgehead atoms. The van der Waals surface area contributed by atoms with Gasteiger partial charge in [-0.15, -0.1) is 3.82 Å². The molecule has 0 spiro atoms. The van der Waals surface area contributed by atoms with Crippen LogP contribution in [0.2, 0.25) is 0 Å². The Balaban J connectivity index is 3.17. The Labute approximate surface area is 83.1 Å². The normalized spacial score (nSPS) is 12.0. The molecule has 0 aromatic heterocycles. The Morgan fingerprint density at radius 1 is 1.23 bits per heavy atom. The number of benzene rings is 1. The van der Waals surface area contributed by atoms with E-state index in [1.165, 1.54) is 19.2 Å². The number of rotatable bonds is 2. The smallest absolute Gasteiger partial charge is 0.206 e. The van der Waals surface area contributed by atoms with Crippen molar-refractivity contribution >= 4 is 21.8 Å². The molecular weight excluding hydrogens is 210 g/mol. The van der Waals surface area contributed by atoms with Gasteiger partial charge in [-0.05, 0) is 30.8 Å². The molecule has 0 atom stereocenters. The second-order valence-electron chi connectivity index (χ2n) is 2.71. The fourth-order valence-corrected chi connectivity index (χ4v) is 1.87. The Bertz CT molecular complexity index is 383. The lowest BCUT2D eigenvalue weighted by molar-refractivity contribution is 0.561. The SMILES string of the molecule is Cc1ccc(S(=O)(=O)N(C)Cl)cc1. The van der Waals surface area contributed by atoms with Crippen molar-refractivity contribution in [1.29, 1.82) is 0 Å². The second kappa shape index (κ2) is 3.65. The summed E-state index contributed by atoms with van der Waals surface area (Å²) in [6.45, 7) is 1.89. The van der Waals surface area contributed by atoms with E-state index < -0.39 is 10.0 Å². The molecule has 0 saturated heterocycles. The first-order chi connectivity index (χ1) is 5.94. The van der Waals surface area contributed by atoms with Gasteiger partial charge < -0.3 is 0 Å². The number of hydrogen-bond acceptors (Lipinski definition) is 2. The van der Waals surface area contributed by atoms with Crippen molar-refractivity contribution in [3.63, 3.8) is 0 Å². The number of nitrogens with zero attached hydrogens (tertiary/aromatic N) is 1. The summed E-state index contributed by atoms with van der Waals surface area (Å²) >= 11 is 5.39. The number of halogens is 1. The fraction of sp³-hybridized carbons (Fsp3) is 0.250. The highest BCUT2D eigenvalue weighted by Crippen LogP contribution is 2.15. The number of sulfonamides is 1. The van der Waals surface area contributed by atoms with Crippen LogP contribution in [0.4, 0.5) is 0 Å². The molecule has 0 radical (unpaired) electrons. The first-order valence-corrected chi connectivity index (χ1v) is 5.44. The van der Waals surface area contributed by atoms with Crippen molar-refractivity contribution in [3.8, 4) is 0 Å². The van der Waals surface area contributed by atoms with Crippen LogP contribution in [0, 0.1) is 6.92 Å². The predicted octanol–water partition coefficient (Wildman–Crippen LogP) is 1.77. The second-order valence-corrected chi connectivity index (χ2v) is 5.39. The average molecular weight is 220 g/mol. The van der Waals surface area contributed by atoms with Gasteiger partial charge >= 0.3 is 0 Å². The minimum absolute atomic E-state index is 0.204. The van der Waals surface area contributed by atoms with Gasteiger partial charge in [0.05, 0.1) is 4.90 Å². The molecule has 3 nitrogen and oxygen atoms in total. The molecule has 0 unspecified atom stereocenters. The van der Waals surface area contributed by atoms with E-state index in [1.54, 1.807) is 12.1 Å². The lowest BCUT2D eigenvalue weighted by Gasteiger charge is -2.08. The summed E-state index contributed by atoms with van der Waals surface area (Å²) in [4.78, 5) is 0.204. The first kappa shape index (κ1) is 10.5. The molecule has 1 aromatic rings. The van der Waals surface area contributed by atoms with Crippen LogP contribution < -0.4 is 0 Å². The van der Waals surface area contributed by atoms with Crippen molar-refractivity contribution in [3.05, 3.63) is 29.8 Å². The molecule has 13 heavy (non-hydrogen) atoms. The maximum Gasteiger partial charge on any atom is 0.256 e. The Hall–Kier alpha value is -0.580. The molecule has 1 rings (SSSR count). The van der Waals surface area contributed by atoms with Gasteiger partial charge in [-0.25, -0.2) is 8.42 Å². The van der Waals surface area contributed by atoms with Gasteiger partial charge in [0.2, 0.25) is 0 Å². The van der Waals surface area contributed by atoms with E-state index in [0.29, 0.717) is 3.82 Å². The van der Waals surface area contributed by atoms with Crippen LogP contribution in [-0.4, -0.2) is 19.3 Å². The van der Waals surface area contributed by atoms with Gasteiger partial charge in [0, 0.05) is 7.05 Å². The minimum atomic E-state index is -3.49. The summed E-state index contributed by atoms with van der Waals surface area (Å²) in [5.74, 6) is 0. The molecule has 1 aromatic carbocycles. The van der Waals surface area contributed by atoms with Crippen LogP contribution >= 0.6 is 11.8 Å². The Morgan fingerprint density at radius 2 is 1.69 bits per heavy atom. The summed E-state index contributed by atoms with van der Waals surface area (Å²) < 4.78 is 23.6. The molecule has 0 N–H and O–H groups in total. The van der Waals surface area contributed by atoms with Crippen LogP contribution in [0.25, 0.3) is 0 Å². The molecule has 72 valence electrons. The van der Waals surface area contributed by atoms with Crippen molar-refractivity contribution in [2.45, 2.75) is 11.8 Å². The van der Waals surface area contributed by atoms with Crippen molar-refractivity contribution < 1.29 is 8.42 Å². The fourth-order valence-electron chi connectivity index (χ4n) is 0.855. The molecule has 0 aliphatic rings. The van der Waals surface area contributed by atoms with E-state index in [2.05, 4.69) is 0 Å². The van der Waals surface area contributed by atoms with Crippen LogP contribution in [-0.2, 0) is 10.0 Å². The molecule has 5 heteroatoms. The zero-order chi connectivity index (χ0) is 10.1. The molecule has 0 amide bonds. The Morgan fingerprint density at radius 3 is 2.08 bits per heavy atom. The van der Waals surface area contributed by atoms with E-state index in [4.69, 9.17) is 11.8 Å². The van der Waals surface area contributed by atoms with Gasteiger partial charge in [0.25, 0.3) is 10.0 Å². The van der Waals surface area contributed by atoms with Gasteiger partial charge in [0.1, 0.15) is 0 Å². The van der Waals surface area contributed by atoms with Crippen molar-refractivity contribution in [2.24, 2.45) is 0 Å². The lowest BCUT2D eigenvalue weighted by Crippen LogP contribution is -2.16. The molecule has 0 aliphatic carbocycles. The highest BCUT2D eigenvalue weighted by Gasteiger charge is 2.17. The Kier molecular flexibility index (Phi) is 2.95. The summed E-state index contributed by atoms with van der Waals surface area (Å²) in [7, 11) is -2.21. The lowest BCUT2D eigenvalue weighted by atomic mass is 10.2. The average Bonchev–Trinajstić information content (AvgIpc) is 2.04. The van der Waals surface area contributed by atoms with Crippen LogP contribution in [0.5, 0.6) is 0 Å². The van der Waals surface area contributed by atoms with Crippen molar-refractivity contribution in [1.82, 2.24) is 3.82 Å². The topological polar surface area (TPSA) is 37.4 Å². The van der Waals surface area contributed by atoms with E-state index >= 15 is 0 Å². The third-order valence-corrected chi connectivity index (χ3v) is 3.73. The van der Waals surface area contributed by atoms with Gasteiger partial charge in [-0.2, -0.15) is 0 Å². The molecule has 0 heterocycles. The zero-order valence-electron chi connectivity index (χ0n) is 7.36. The van der Waals surface area contributed by atoms with Crippen LogP contribution in [0.1, 0.15) is 5.56 Å². The quantitative estimate of drug-likeness (QED) is 0.711. The molecular formula is C8H10ClNO2S. The van der Waals surface area contributed by atoms with Gasteiger partial charge in [-0.3, -0.25) is 0 Å². The maximum atomic E-state index is 11.4. The van der Waals surface area contributed by atoms with Crippen LogP contribution in [0.3, 0.4) is 0 Å². The molecule has 0 saturated carbocycles. The van der Waals surface area contributed by atoms with E-state index in [1.807, 2.05) is 6.92 Å². The highest BCUT2D eigenvalue weighted by atomic mass is 35.5. The highest BCUT2D eigenvalue weighted by molar-refractivity contribution is 7.90. The predicted molar refractivity (Wildman–Crippen MR) is 52.0 cm³/mol. The third-order valence-electron chi connectivity index (χ3n) is 1.65.